The molecular weight excluding hydrogens is 240 g/mol. The molecule has 0 aliphatic heterocycles. The van der Waals surface area contributed by atoms with E-state index >= 15 is 0 Å². The maximum Gasteiger partial charge on any atom is 0.241 e. The molecule has 1 aromatic carbocycles. The molecule has 4 nitrogen and oxygen atoms in total. The fraction of sp³-hybridized carbons (Fsp3) is 0.0667. The molecule has 0 saturated carbocycles. The highest BCUT2D eigenvalue weighted by molar-refractivity contribution is 5.90. The molecule has 0 aliphatic rings. The normalized spacial score (nSPS) is 10.5. The second-order valence-electron chi connectivity index (χ2n) is 3.96. The van der Waals surface area contributed by atoms with E-state index in [1.165, 1.54) is 6.08 Å². The summed E-state index contributed by atoms with van der Waals surface area (Å²) in [5, 5.41) is 0. The van der Waals surface area contributed by atoms with E-state index in [1.54, 1.807) is 18.5 Å². The van der Waals surface area contributed by atoms with Crippen LogP contribution in [0.5, 0.6) is 5.75 Å². The molecule has 0 atom stereocenters. The maximum absolute atomic E-state index is 10.7. The summed E-state index contributed by atoms with van der Waals surface area (Å²) in [6.45, 7) is 0.455. The third-order valence-corrected chi connectivity index (χ3v) is 2.43. The summed E-state index contributed by atoms with van der Waals surface area (Å²) < 4.78 is 5.65. The van der Waals surface area contributed by atoms with Crippen LogP contribution in [0.15, 0.2) is 54.9 Å². The molecule has 2 rings (SSSR count). The minimum Gasteiger partial charge on any atom is -0.489 e. The van der Waals surface area contributed by atoms with Gasteiger partial charge in [-0.2, -0.15) is 0 Å². The highest BCUT2D eigenvalue weighted by Crippen LogP contribution is 2.15. The highest BCUT2D eigenvalue weighted by atomic mass is 16.5. The van der Waals surface area contributed by atoms with Gasteiger partial charge in [-0.05, 0) is 29.8 Å². The van der Waals surface area contributed by atoms with Gasteiger partial charge in [0.1, 0.15) is 12.4 Å². The molecule has 96 valence electrons. The molecule has 0 unspecified atom stereocenters. The monoisotopic (exact) mass is 254 g/mol. The minimum atomic E-state index is -0.471. The number of aromatic nitrogens is 1. The van der Waals surface area contributed by atoms with E-state index in [0.29, 0.717) is 6.61 Å². The zero-order valence-corrected chi connectivity index (χ0v) is 10.3. The second kappa shape index (κ2) is 6.35. The number of pyridine rings is 1. The molecule has 19 heavy (non-hydrogen) atoms. The molecule has 0 spiro atoms. The Balaban J connectivity index is 2.01. The van der Waals surface area contributed by atoms with Crippen molar-refractivity contribution in [2.75, 3.05) is 0 Å². The third-order valence-electron chi connectivity index (χ3n) is 2.43. The Morgan fingerprint density at radius 1 is 1.32 bits per heavy atom. The van der Waals surface area contributed by atoms with Gasteiger partial charge in [0.25, 0.3) is 0 Å². The number of hydrogen-bond donors (Lipinski definition) is 1. The second-order valence-corrected chi connectivity index (χ2v) is 3.96. The van der Waals surface area contributed by atoms with Crippen LogP contribution in [0.3, 0.4) is 0 Å². The number of carbonyl (C=O) groups excluding carboxylic acids is 1. The number of nitrogens with two attached hydrogens (primary N) is 1. The molecule has 0 aliphatic carbocycles. The average molecular weight is 254 g/mol. The molecule has 0 saturated heterocycles. The van der Waals surface area contributed by atoms with Crippen LogP contribution >= 0.6 is 0 Å². The molecular formula is C15H14N2O2. The average Bonchev–Trinajstić information content (AvgIpc) is 2.44. The first-order valence-corrected chi connectivity index (χ1v) is 5.83. The summed E-state index contributed by atoms with van der Waals surface area (Å²) >= 11 is 0. The van der Waals surface area contributed by atoms with E-state index in [2.05, 4.69) is 4.98 Å². The quantitative estimate of drug-likeness (QED) is 0.831. The molecule has 1 aromatic heterocycles. The first kappa shape index (κ1) is 12.8. The summed E-state index contributed by atoms with van der Waals surface area (Å²) in [5.41, 5.74) is 6.91. The lowest BCUT2D eigenvalue weighted by Gasteiger charge is -2.06. The minimum absolute atomic E-state index is 0.455. The van der Waals surface area contributed by atoms with Crippen molar-refractivity contribution in [2.24, 2.45) is 5.73 Å². The van der Waals surface area contributed by atoms with Crippen molar-refractivity contribution in [3.63, 3.8) is 0 Å². The molecule has 0 fully saturated rings. The molecule has 0 radical (unpaired) electrons. The van der Waals surface area contributed by atoms with Crippen molar-refractivity contribution in [1.29, 1.82) is 0 Å². The predicted molar refractivity (Wildman–Crippen MR) is 73.2 cm³/mol. The van der Waals surface area contributed by atoms with E-state index in [1.807, 2.05) is 36.4 Å². The van der Waals surface area contributed by atoms with Crippen molar-refractivity contribution in [3.05, 3.63) is 66.0 Å². The summed E-state index contributed by atoms with van der Waals surface area (Å²) in [7, 11) is 0. The zero-order valence-electron chi connectivity index (χ0n) is 10.3. The summed E-state index contributed by atoms with van der Waals surface area (Å²) in [6.07, 6.45) is 6.45. The Morgan fingerprint density at radius 2 is 2.21 bits per heavy atom. The lowest BCUT2D eigenvalue weighted by Crippen LogP contribution is -2.05. The first-order chi connectivity index (χ1) is 9.24. The summed E-state index contributed by atoms with van der Waals surface area (Å²) in [6, 6.07) is 11.2. The SMILES string of the molecule is NC(=O)/C=C\c1cccc(OCc2cccnc2)c1. The Bertz CT molecular complexity index is 580. The third kappa shape index (κ3) is 4.27. The first-order valence-electron chi connectivity index (χ1n) is 5.83. The van der Waals surface area contributed by atoms with Gasteiger partial charge >= 0.3 is 0 Å². The van der Waals surface area contributed by atoms with Crippen molar-refractivity contribution in [2.45, 2.75) is 6.61 Å². The van der Waals surface area contributed by atoms with Crippen LogP contribution in [0.25, 0.3) is 6.08 Å². The standard InChI is InChI=1S/C15H14N2O2/c16-15(18)7-6-12-3-1-5-14(9-12)19-11-13-4-2-8-17-10-13/h1-10H,11H2,(H2,16,18)/b7-6-. The van der Waals surface area contributed by atoms with E-state index in [9.17, 15) is 4.79 Å². The van der Waals surface area contributed by atoms with Crippen LogP contribution in [-0.2, 0) is 11.4 Å². The van der Waals surface area contributed by atoms with Crippen LogP contribution in [0.1, 0.15) is 11.1 Å². The van der Waals surface area contributed by atoms with Crippen molar-refractivity contribution >= 4 is 12.0 Å². The van der Waals surface area contributed by atoms with E-state index in [4.69, 9.17) is 10.5 Å². The molecule has 1 heterocycles. The van der Waals surface area contributed by atoms with Crippen LogP contribution in [0.2, 0.25) is 0 Å². The number of nitrogens with zero attached hydrogens (tertiary/aromatic N) is 1. The molecule has 2 aromatic rings. The van der Waals surface area contributed by atoms with E-state index in [-0.39, 0.29) is 0 Å². The van der Waals surface area contributed by atoms with Gasteiger partial charge in [0.05, 0.1) is 0 Å². The highest BCUT2D eigenvalue weighted by Gasteiger charge is 1.97. The van der Waals surface area contributed by atoms with Gasteiger partial charge in [0.15, 0.2) is 0 Å². The van der Waals surface area contributed by atoms with Crippen molar-refractivity contribution in [1.82, 2.24) is 4.98 Å². The van der Waals surface area contributed by atoms with Crippen molar-refractivity contribution < 1.29 is 9.53 Å². The number of primary amides is 1. The van der Waals surface area contributed by atoms with E-state index < -0.39 is 5.91 Å². The predicted octanol–water partition coefficient (Wildman–Crippen LogP) is 2.16. The van der Waals surface area contributed by atoms with Gasteiger partial charge in [0.2, 0.25) is 5.91 Å². The Kier molecular flexibility index (Phi) is 4.29. The number of ether oxygens (including phenoxy) is 1. The maximum atomic E-state index is 10.7. The number of carbonyl (C=O) groups is 1. The van der Waals surface area contributed by atoms with Crippen LogP contribution in [0.4, 0.5) is 0 Å². The van der Waals surface area contributed by atoms with E-state index in [0.717, 1.165) is 16.9 Å². The van der Waals surface area contributed by atoms with Crippen LogP contribution in [0, 0.1) is 0 Å². The fourth-order valence-electron chi connectivity index (χ4n) is 1.54. The Hall–Kier alpha value is -2.62. The Morgan fingerprint density at radius 3 is 2.95 bits per heavy atom. The summed E-state index contributed by atoms with van der Waals surface area (Å²) in [5.74, 6) is 0.261. The molecule has 4 heteroatoms. The van der Waals surface area contributed by atoms with Gasteiger partial charge in [0, 0.05) is 24.0 Å². The van der Waals surface area contributed by atoms with Gasteiger partial charge in [-0.15, -0.1) is 0 Å². The Labute approximate surface area is 111 Å². The smallest absolute Gasteiger partial charge is 0.241 e. The largest absolute Gasteiger partial charge is 0.489 e. The number of amides is 1. The van der Waals surface area contributed by atoms with Gasteiger partial charge in [-0.3, -0.25) is 9.78 Å². The van der Waals surface area contributed by atoms with Crippen molar-refractivity contribution in [3.8, 4) is 5.75 Å². The van der Waals surface area contributed by atoms with Crippen LogP contribution < -0.4 is 10.5 Å². The van der Waals surface area contributed by atoms with Crippen LogP contribution in [-0.4, -0.2) is 10.9 Å². The molecule has 2 N–H and O–H groups in total. The number of rotatable bonds is 5. The lowest BCUT2D eigenvalue weighted by molar-refractivity contribution is -0.113. The number of benzene rings is 1. The van der Waals surface area contributed by atoms with Gasteiger partial charge < -0.3 is 10.5 Å². The fourth-order valence-corrected chi connectivity index (χ4v) is 1.54. The molecule has 0 bridgehead atoms. The number of hydrogen-bond acceptors (Lipinski definition) is 3. The summed E-state index contributed by atoms with van der Waals surface area (Å²) in [4.78, 5) is 14.7. The molecule has 1 amide bonds. The zero-order chi connectivity index (χ0) is 13.5. The topological polar surface area (TPSA) is 65.2 Å². The van der Waals surface area contributed by atoms with Gasteiger partial charge in [-0.1, -0.05) is 18.2 Å². The lowest BCUT2D eigenvalue weighted by atomic mass is 10.2. The van der Waals surface area contributed by atoms with Gasteiger partial charge in [-0.25, -0.2) is 0 Å².